The lowest BCUT2D eigenvalue weighted by atomic mass is 10.1. The summed E-state index contributed by atoms with van der Waals surface area (Å²) >= 11 is 0. The average Bonchev–Trinajstić information content (AvgIpc) is 2.75. The number of anilines is 2. The lowest BCUT2D eigenvalue weighted by Crippen LogP contribution is -2.23. The van der Waals surface area contributed by atoms with Crippen LogP contribution in [-0.2, 0) is 6.54 Å². The van der Waals surface area contributed by atoms with Crippen molar-refractivity contribution >= 4 is 17.3 Å². The molecule has 3 rings (SSSR count). The van der Waals surface area contributed by atoms with Crippen molar-refractivity contribution in [3.05, 3.63) is 59.2 Å². The van der Waals surface area contributed by atoms with Gasteiger partial charge in [-0.05, 0) is 42.8 Å². The Bertz CT molecular complexity index is 659. The van der Waals surface area contributed by atoms with Crippen LogP contribution in [0.3, 0.4) is 0 Å². The number of fused-ring (bicyclic) bond motifs is 1. The lowest BCUT2D eigenvalue weighted by Gasteiger charge is -2.18. The SMILES string of the molecule is Cc1ccc2c(c1)CN(c1ccc(N(C)C)cc1)C2=O. The fourth-order valence-corrected chi connectivity index (χ4v) is 2.59. The highest BCUT2D eigenvalue weighted by Gasteiger charge is 2.28. The Labute approximate surface area is 119 Å². The van der Waals surface area contributed by atoms with Gasteiger partial charge in [0.25, 0.3) is 5.91 Å². The molecular formula is C17H18N2O. The molecule has 0 atom stereocenters. The van der Waals surface area contributed by atoms with Gasteiger partial charge in [-0.25, -0.2) is 0 Å². The second kappa shape index (κ2) is 4.67. The normalized spacial score (nSPS) is 13.6. The number of aryl methyl sites for hydroxylation is 1. The summed E-state index contributed by atoms with van der Waals surface area (Å²) < 4.78 is 0. The molecule has 102 valence electrons. The van der Waals surface area contributed by atoms with Crippen LogP contribution in [-0.4, -0.2) is 20.0 Å². The van der Waals surface area contributed by atoms with Crippen LogP contribution < -0.4 is 9.80 Å². The van der Waals surface area contributed by atoms with Gasteiger partial charge in [0.15, 0.2) is 0 Å². The minimum atomic E-state index is 0.0950. The number of hydrogen-bond acceptors (Lipinski definition) is 2. The van der Waals surface area contributed by atoms with E-state index in [0.717, 1.165) is 22.5 Å². The fourth-order valence-electron chi connectivity index (χ4n) is 2.59. The smallest absolute Gasteiger partial charge is 0.258 e. The maximum Gasteiger partial charge on any atom is 0.258 e. The first-order valence-corrected chi connectivity index (χ1v) is 6.75. The Morgan fingerprint density at radius 3 is 2.40 bits per heavy atom. The van der Waals surface area contributed by atoms with Crippen LogP contribution in [0.25, 0.3) is 0 Å². The van der Waals surface area contributed by atoms with Gasteiger partial charge in [-0.2, -0.15) is 0 Å². The molecule has 2 aromatic carbocycles. The van der Waals surface area contributed by atoms with Crippen molar-refractivity contribution in [1.82, 2.24) is 0 Å². The Hall–Kier alpha value is -2.29. The summed E-state index contributed by atoms with van der Waals surface area (Å²) in [5, 5.41) is 0. The molecule has 20 heavy (non-hydrogen) atoms. The number of benzene rings is 2. The summed E-state index contributed by atoms with van der Waals surface area (Å²) in [6.45, 7) is 2.72. The van der Waals surface area contributed by atoms with Gasteiger partial charge in [0.2, 0.25) is 0 Å². The predicted molar refractivity (Wildman–Crippen MR) is 82.5 cm³/mol. The molecule has 0 aromatic heterocycles. The number of amides is 1. The van der Waals surface area contributed by atoms with Gasteiger partial charge in [0.1, 0.15) is 0 Å². The third-order valence-corrected chi connectivity index (χ3v) is 3.74. The van der Waals surface area contributed by atoms with Crippen LogP contribution in [0.15, 0.2) is 42.5 Å². The number of nitrogens with zero attached hydrogens (tertiary/aromatic N) is 2. The highest BCUT2D eigenvalue weighted by molar-refractivity contribution is 6.10. The van der Waals surface area contributed by atoms with Crippen LogP contribution in [0.2, 0.25) is 0 Å². The molecule has 1 aliphatic heterocycles. The Morgan fingerprint density at radius 1 is 1.05 bits per heavy atom. The Morgan fingerprint density at radius 2 is 1.75 bits per heavy atom. The van der Waals surface area contributed by atoms with Crippen LogP contribution in [0, 0.1) is 6.92 Å². The molecular weight excluding hydrogens is 248 g/mol. The van der Waals surface area contributed by atoms with E-state index < -0.39 is 0 Å². The highest BCUT2D eigenvalue weighted by atomic mass is 16.2. The van der Waals surface area contributed by atoms with Crippen molar-refractivity contribution in [3.8, 4) is 0 Å². The molecule has 1 heterocycles. The molecule has 0 radical (unpaired) electrons. The zero-order valence-electron chi connectivity index (χ0n) is 12.1. The van der Waals surface area contributed by atoms with Gasteiger partial charge >= 0.3 is 0 Å². The first-order chi connectivity index (χ1) is 9.56. The quantitative estimate of drug-likeness (QED) is 0.833. The van der Waals surface area contributed by atoms with E-state index in [-0.39, 0.29) is 5.91 Å². The Kier molecular flexibility index (Phi) is 2.97. The van der Waals surface area contributed by atoms with E-state index in [1.807, 2.05) is 60.3 Å². The van der Waals surface area contributed by atoms with E-state index in [2.05, 4.69) is 13.0 Å². The average molecular weight is 266 g/mol. The number of hydrogen-bond donors (Lipinski definition) is 0. The first-order valence-electron chi connectivity index (χ1n) is 6.75. The molecule has 1 aliphatic rings. The molecule has 0 fully saturated rings. The van der Waals surface area contributed by atoms with E-state index in [1.165, 1.54) is 5.56 Å². The summed E-state index contributed by atoms with van der Waals surface area (Å²) in [5.74, 6) is 0.0950. The van der Waals surface area contributed by atoms with Gasteiger partial charge in [-0.15, -0.1) is 0 Å². The lowest BCUT2D eigenvalue weighted by molar-refractivity contribution is 0.0996. The summed E-state index contributed by atoms with van der Waals surface area (Å²) in [7, 11) is 4.02. The van der Waals surface area contributed by atoms with Crippen LogP contribution in [0.5, 0.6) is 0 Å². The molecule has 0 bridgehead atoms. The first kappa shape index (κ1) is 12.7. The van der Waals surface area contributed by atoms with Crippen molar-refractivity contribution in [1.29, 1.82) is 0 Å². The van der Waals surface area contributed by atoms with Gasteiger partial charge in [-0.3, -0.25) is 4.79 Å². The highest BCUT2D eigenvalue weighted by Crippen LogP contribution is 2.29. The summed E-state index contributed by atoms with van der Waals surface area (Å²) in [6, 6.07) is 14.1. The molecule has 2 aromatic rings. The fraction of sp³-hybridized carbons (Fsp3) is 0.235. The molecule has 3 nitrogen and oxygen atoms in total. The molecule has 0 saturated carbocycles. The van der Waals surface area contributed by atoms with Crippen molar-refractivity contribution in [2.75, 3.05) is 23.9 Å². The third kappa shape index (κ3) is 2.05. The summed E-state index contributed by atoms with van der Waals surface area (Å²) in [6.07, 6.45) is 0. The van der Waals surface area contributed by atoms with Crippen molar-refractivity contribution in [2.45, 2.75) is 13.5 Å². The maximum absolute atomic E-state index is 12.4. The van der Waals surface area contributed by atoms with Crippen LogP contribution >= 0.6 is 0 Å². The minimum Gasteiger partial charge on any atom is -0.378 e. The second-order valence-electron chi connectivity index (χ2n) is 5.46. The second-order valence-corrected chi connectivity index (χ2v) is 5.46. The molecule has 3 heteroatoms. The molecule has 0 unspecified atom stereocenters. The maximum atomic E-state index is 12.4. The van der Waals surface area contributed by atoms with Crippen LogP contribution in [0.1, 0.15) is 21.5 Å². The van der Waals surface area contributed by atoms with Crippen molar-refractivity contribution < 1.29 is 4.79 Å². The van der Waals surface area contributed by atoms with E-state index in [1.54, 1.807) is 0 Å². The topological polar surface area (TPSA) is 23.6 Å². The number of carbonyl (C=O) groups excluding carboxylic acids is 1. The van der Waals surface area contributed by atoms with E-state index in [0.29, 0.717) is 6.54 Å². The van der Waals surface area contributed by atoms with Crippen LogP contribution in [0.4, 0.5) is 11.4 Å². The van der Waals surface area contributed by atoms with Gasteiger partial charge < -0.3 is 9.80 Å². The number of rotatable bonds is 2. The molecule has 0 saturated heterocycles. The third-order valence-electron chi connectivity index (χ3n) is 3.74. The van der Waals surface area contributed by atoms with Gasteiger partial charge in [-0.1, -0.05) is 17.7 Å². The van der Waals surface area contributed by atoms with Crippen molar-refractivity contribution in [2.24, 2.45) is 0 Å². The van der Waals surface area contributed by atoms with Gasteiger partial charge in [0.05, 0.1) is 6.54 Å². The van der Waals surface area contributed by atoms with E-state index >= 15 is 0 Å². The molecule has 0 aliphatic carbocycles. The summed E-state index contributed by atoms with van der Waals surface area (Å²) in [5.41, 5.74) is 5.23. The largest absolute Gasteiger partial charge is 0.378 e. The zero-order valence-corrected chi connectivity index (χ0v) is 12.1. The molecule has 0 spiro atoms. The van der Waals surface area contributed by atoms with Crippen molar-refractivity contribution in [3.63, 3.8) is 0 Å². The van der Waals surface area contributed by atoms with E-state index in [4.69, 9.17) is 0 Å². The predicted octanol–water partition coefficient (Wildman–Crippen LogP) is 3.22. The standard InChI is InChI=1S/C17H18N2O/c1-12-4-9-16-13(10-12)11-19(17(16)20)15-7-5-14(6-8-15)18(2)3/h4-10H,11H2,1-3H3. The van der Waals surface area contributed by atoms with Gasteiger partial charge in [0, 0.05) is 31.0 Å². The molecule has 0 N–H and O–H groups in total. The molecule has 1 amide bonds. The minimum absolute atomic E-state index is 0.0950. The summed E-state index contributed by atoms with van der Waals surface area (Å²) in [4.78, 5) is 16.3. The Balaban J connectivity index is 1.92. The number of carbonyl (C=O) groups is 1. The van der Waals surface area contributed by atoms with E-state index in [9.17, 15) is 4.79 Å². The monoisotopic (exact) mass is 266 g/mol. The zero-order chi connectivity index (χ0) is 14.3.